The molecule has 0 aliphatic rings. The summed E-state index contributed by atoms with van der Waals surface area (Å²) >= 11 is 0. The molecule has 0 aliphatic carbocycles. The van der Waals surface area contributed by atoms with Crippen LogP contribution in [-0.2, 0) is 0 Å². The lowest BCUT2D eigenvalue weighted by atomic mass is 10.2. The maximum Gasteiger partial charge on any atom is 0.168 e. The Morgan fingerprint density at radius 2 is 1.89 bits per heavy atom. The van der Waals surface area contributed by atoms with Crippen LogP contribution in [0.5, 0.6) is 5.75 Å². The summed E-state index contributed by atoms with van der Waals surface area (Å²) in [5.74, 6) is 0.768. The number of ether oxygens (including phenoxy) is 1. The molecule has 1 N–H and O–H groups in total. The molecule has 5 heteroatoms. The number of aromatic nitrogens is 1. The van der Waals surface area contributed by atoms with Crippen LogP contribution in [0.2, 0.25) is 0 Å². The third-order valence-corrected chi connectivity index (χ3v) is 2.45. The third-order valence-electron chi connectivity index (χ3n) is 2.45. The number of methoxy groups -OCH3 is 1. The fraction of sp³-hybridized carbons (Fsp3) is 0.0714. The van der Waals surface area contributed by atoms with Crippen molar-refractivity contribution in [2.75, 3.05) is 12.5 Å². The minimum absolute atomic E-state index is 0.304. The Morgan fingerprint density at radius 1 is 1.21 bits per heavy atom. The Balaban J connectivity index is 2.14. The summed E-state index contributed by atoms with van der Waals surface area (Å²) in [6.45, 7) is 0. The van der Waals surface area contributed by atoms with Crippen molar-refractivity contribution in [1.29, 1.82) is 5.26 Å². The average Bonchev–Trinajstić information content (AvgIpc) is 2.49. The van der Waals surface area contributed by atoms with Crippen molar-refractivity contribution in [1.82, 2.24) is 4.98 Å². The quantitative estimate of drug-likeness (QED) is 0.670. The van der Waals surface area contributed by atoms with Crippen LogP contribution >= 0.6 is 0 Å². The van der Waals surface area contributed by atoms with Gasteiger partial charge in [0.25, 0.3) is 0 Å². The van der Waals surface area contributed by atoms with Crippen LogP contribution < -0.4 is 10.2 Å². The molecule has 0 bridgehead atoms. The molecule has 0 saturated heterocycles. The Labute approximate surface area is 111 Å². The van der Waals surface area contributed by atoms with Crippen molar-refractivity contribution in [2.24, 2.45) is 5.10 Å². The SMILES string of the molecule is COc1ccc(N/N=C(\C#N)c2ccncc2)cc1. The van der Waals surface area contributed by atoms with Crippen LogP contribution in [-0.4, -0.2) is 17.8 Å². The van der Waals surface area contributed by atoms with E-state index in [0.29, 0.717) is 5.71 Å². The summed E-state index contributed by atoms with van der Waals surface area (Å²) < 4.78 is 5.06. The Kier molecular flexibility index (Phi) is 4.09. The molecule has 94 valence electrons. The summed E-state index contributed by atoms with van der Waals surface area (Å²) in [5, 5.41) is 13.2. The Hall–Kier alpha value is -2.87. The van der Waals surface area contributed by atoms with Gasteiger partial charge in [0.2, 0.25) is 0 Å². The molecular weight excluding hydrogens is 240 g/mol. The van der Waals surface area contributed by atoms with Gasteiger partial charge in [0, 0.05) is 18.0 Å². The van der Waals surface area contributed by atoms with Crippen molar-refractivity contribution in [3.05, 3.63) is 54.4 Å². The van der Waals surface area contributed by atoms with Gasteiger partial charge in [-0.2, -0.15) is 10.4 Å². The van der Waals surface area contributed by atoms with Gasteiger partial charge in [-0.25, -0.2) is 0 Å². The predicted molar refractivity (Wildman–Crippen MR) is 73.0 cm³/mol. The van der Waals surface area contributed by atoms with E-state index in [2.05, 4.69) is 15.5 Å². The minimum Gasteiger partial charge on any atom is -0.497 e. The zero-order chi connectivity index (χ0) is 13.5. The summed E-state index contributed by atoms with van der Waals surface area (Å²) in [4.78, 5) is 3.90. The second-order valence-electron chi connectivity index (χ2n) is 3.65. The highest BCUT2D eigenvalue weighted by atomic mass is 16.5. The molecule has 0 aliphatic heterocycles. The second kappa shape index (κ2) is 6.17. The minimum atomic E-state index is 0.304. The molecule has 19 heavy (non-hydrogen) atoms. The zero-order valence-corrected chi connectivity index (χ0v) is 10.4. The van der Waals surface area contributed by atoms with E-state index in [4.69, 9.17) is 10.00 Å². The van der Waals surface area contributed by atoms with Gasteiger partial charge >= 0.3 is 0 Å². The molecule has 0 spiro atoms. The van der Waals surface area contributed by atoms with Gasteiger partial charge in [0.05, 0.1) is 12.8 Å². The van der Waals surface area contributed by atoms with Crippen molar-refractivity contribution in [3.63, 3.8) is 0 Å². The lowest BCUT2D eigenvalue weighted by Gasteiger charge is -2.03. The van der Waals surface area contributed by atoms with Gasteiger partial charge in [-0.15, -0.1) is 0 Å². The first kappa shape index (κ1) is 12.6. The number of nitrogens with one attached hydrogen (secondary N) is 1. The number of hydrazone groups is 1. The summed E-state index contributed by atoms with van der Waals surface area (Å²) in [6, 6.07) is 12.8. The lowest BCUT2D eigenvalue weighted by molar-refractivity contribution is 0.415. The monoisotopic (exact) mass is 252 g/mol. The topological polar surface area (TPSA) is 70.3 Å². The number of nitrogens with zero attached hydrogens (tertiary/aromatic N) is 3. The molecule has 1 heterocycles. The zero-order valence-electron chi connectivity index (χ0n) is 10.4. The highest BCUT2D eigenvalue weighted by Crippen LogP contribution is 2.15. The van der Waals surface area contributed by atoms with Crippen LogP contribution in [0.15, 0.2) is 53.9 Å². The van der Waals surface area contributed by atoms with Crippen molar-refractivity contribution in [3.8, 4) is 11.8 Å². The van der Waals surface area contributed by atoms with Gasteiger partial charge in [-0.3, -0.25) is 10.4 Å². The van der Waals surface area contributed by atoms with Crippen LogP contribution in [0.25, 0.3) is 0 Å². The molecule has 0 amide bonds. The summed E-state index contributed by atoms with van der Waals surface area (Å²) in [5.41, 5.74) is 4.64. The van der Waals surface area contributed by atoms with Crippen LogP contribution in [0.1, 0.15) is 5.56 Å². The number of pyridine rings is 1. The van der Waals surface area contributed by atoms with Crippen LogP contribution in [0.4, 0.5) is 5.69 Å². The van der Waals surface area contributed by atoms with Gasteiger partial charge in [-0.1, -0.05) is 0 Å². The van der Waals surface area contributed by atoms with Gasteiger partial charge < -0.3 is 4.74 Å². The molecule has 5 nitrogen and oxygen atoms in total. The molecule has 1 aromatic heterocycles. The normalized spacial score (nSPS) is 10.6. The van der Waals surface area contributed by atoms with Gasteiger partial charge in [0.15, 0.2) is 5.71 Å². The highest BCUT2D eigenvalue weighted by molar-refractivity contribution is 6.11. The fourth-order valence-corrected chi connectivity index (χ4v) is 1.45. The highest BCUT2D eigenvalue weighted by Gasteiger charge is 2.01. The predicted octanol–water partition coefficient (Wildman–Crippen LogP) is 2.43. The van der Waals surface area contributed by atoms with Gasteiger partial charge in [-0.05, 0) is 36.4 Å². The Bertz CT molecular complexity index is 600. The second-order valence-corrected chi connectivity index (χ2v) is 3.65. The third kappa shape index (κ3) is 3.30. The number of nitriles is 1. The van der Waals surface area contributed by atoms with E-state index in [9.17, 15) is 0 Å². The first-order chi connectivity index (χ1) is 9.33. The summed E-state index contributed by atoms with van der Waals surface area (Å²) in [7, 11) is 1.61. The van der Waals surface area contributed by atoms with Gasteiger partial charge in [0.1, 0.15) is 11.8 Å². The standard InChI is InChI=1S/C14H12N4O/c1-19-13-4-2-12(3-5-13)17-18-14(10-15)11-6-8-16-9-7-11/h2-9,17H,1H3/b18-14+. The number of hydrogen-bond acceptors (Lipinski definition) is 5. The number of benzene rings is 1. The molecule has 2 aromatic rings. The van der Waals surface area contributed by atoms with Crippen LogP contribution in [0, 0.1) is 11.3 Å². The summed E-state index contributed by atoms with van der Waals surface area (Å²) in [6.07, 6.45) is 3.24. The van der Waals surface area contributed by atoms with Crippen molar-refractivity contribution >= 4 is 11.4 Å². The molecular formula is C14H12N4O. The molecule has 0 fully saturated rings. The number of rotatable bonds is 4. The van der Waals surface area contributed by atoms with E-state index < -0.39 is 0 Å². The van der Waals surface area contributed by atoms with Crippen molar-refractivity contribution < 1.29 is 4.74 Å². The largest absolute Gasteiger partial charge is 0.497 e. The van der Waals surface area contributed by atoms with E-state index in [1.54, 1.807) is 31.6 Å². The first-order valence-electron chi connectivity index (χ1n) is 5.61. The molecule has 0 unspecified atom stereocenters. The molecule has 2 rings (SSSR count). The molecule has 1 aromatic carbocycles. The average molecular weight is 252 g/mol. The lowest BCUT2D eigenvalue weighted by Crippen LogP contribution is -2.01. The first-order valence-corrected chi connectivity index (χ1v) is 5.61. The van der Waals surface area contributed by atoms with E-state index in [1.807, 2.05) is 30.3 Å². The van der Waals surface area contributed by atoms with E-state index in [0.717, 1.165) is 17.0 Å². The van der Waals surface area contributed by atoms with E-state index >= 15 is 0 Å². The van der Waals surface area contributed by atoms with E-state index in [1.165, 1.54) is 0 Å². The fourth-order valence-electron chi connectivity index (χ4n) is 1.45. The number of anilines is 1. The molecule has 0 saturated carbocycles. The van der Waals surface area contributed by atoms with Crippen molar-refractivity contribution in [2.45, 2.75) is 0 Å². The number of hydrogen-bond donors (Lipinski definition) is 1. The maximum atomic E-state index is 9.08. The van der Waals surface area contributed by atoms with Crippen LogP contribution in [0.3, 0.4) is 0 Å². The smallest absolute Gasteiger partial charge is 0.168 e. The molecule has 0 atom stereocenters. The maximum absolute atomic E-state index is 9.08. The van der Waals surface area contributed by atoms with E-state index in [-0.39, 0.29) is 0 Å². The Morgan fingerprint density at radius 3 is 2.47 bits per heavy atom. The molecule has 0 radical (unpaired) electrons.